The van der Waals surface area contributed by atoms with Gasteiger partial charge in [-0.15, -0.1) is 0 Å². The molecule has 0 amide bonds. The Labute approximate surface area is 193 Å². The fourth-order valence-corrected chi connectivity index (χ4v) is 5.61. The van der Waals surface area contributed by atoms with Crippen LogP contribution in [0.1, 0.15) is 103 Å². The van der Waals surface area contributed by atoms with Crippen LogP contribution in [0, 0.1) is 5.92 Å². The minimum Gasteiger partial charge on any atom is -0.384 e. The highest BCUT2D eigenvalue weighted by Gasteiger charge is 2.44. The second-order valence-corrected chi connectivity index (χ2v) is 11.5. The Balaban J connectivity index is 2.06. The zero-order valence-corrected chi connectivity index (χ0v) is 21.8. The van der Waals surface area contributed by atoms with Crippen LogP contribution in [0.25, 0.3) is 0 Å². The van der Waals surface area contributed by atoms with Gasteiger partial charge in [0.15, 0.2) is 0 Å². The molecule has 1 saturated carbocycles. The molecule has 31 heavy (non-hydrogen) atoms. The van der Waals surface area contributed by atoms with E-state index < -0.39 is 7.60 Å². The molecule has 0 heterocycles. The van der Waals surface area contributed by atoms with Crippen molar-refractivity contribution < 1.29 is 23.5 Å². The molecule has 1 fully saturated rings. The van der Waals surface area contributed by atoms with Crippen LogP contribution in [0.3, 0.4) is 0 Å². The fourth-order valence-electron chi connectivity index (χ4n) is 4.86. The molecule has 5 atom stereocenters. The summed E-state index contributed by atoms with van der Waals surface area (Å²) in [6.07, 6.45) is 19.2. The van der Waals surface area contributed by atoms with Crippen molar-refractivity contribution in [2.75, 3.05) is 27.0 Å². The second kappa shape index (κ2) is 17.6. The summed E-state index contributed by atoms with van der Waals surface area (Å²) in [6.45, 7) is 4.76. The zero-order chi connectivity index (χ0) is 23.0. The maximum Gasteiger partial charge on any atom is 0.325 e. The third-order valence-electron chi connectivity index (χ3n) is 6.53. The summed E-state index contributed by atoms with van der Waals surface area (Å²) in [5, 5.41) is 0. The summed E-state index contributed by atoms with van der Waals surface area (Å²) in [5.41, 5.74) is 0. The lowest BCUT2D eigenvalue weighted by Gasteiger charge is -2.27. The number of hydrogen-bond acceptors (Lipinski definition) is 4. The fraction of sp³-hybridized carbons (Fsp3) is 1.00. The lowest BCUT2D eigenvalue weighted by atomic mass is 9.83. The zero-order valence-electron chi connectivity index (χ0n) is 20.9. The summed E-state index contributed by atoms with van der Waals surface area (Å²) >= 11 is 0. The minimum absolute atomic E-state index is 0.113. The Morgan fingerprint density at radius 1 is 0.871 bits per heavy atom. The standard InChI is InChI=1S/C24H50BO5P/c1-4-5-6-7-8-9-10-11-12-13-14-15-16-17-18-29-24-22(25)19-21(20-28-2)23(24)30-31(3,26)27/h21-24H,4-20,25H2,1-3H3,(H,26,27)/t21-,22-,23?,24-/m1/s1. The van der Waals surface area contributed by atoms with Crippen molar-refractivity contribution in [1.29, 1.82) is 0 Å². The number of ether oxygens (including phenoxy) is 2. The molecule has 0 saturated heterocycles. The second-order valence-electron chi connectivity index (χ2n) is 9.73. The van der Waals surface area contributed by atoms with E-state index in [-0.39, 0.29) is 18.1 Å². The summed E-state index contributed by atoms with van der Waals surface area (Å²) in [4.78, 5) is 9.71. The van der Waals surface area contributed by atoms with Gasteiger partial charge in [-0.2, -0.15) is 0 Å². The highest BCUT2D eigenvalue weighted by atomic mass is 31.2. The molecular formula is C24H50BO5P. The van der Waals surface area contributed by atoms with Crippen molar-refractivity contribution in [3.05, 3.63) is 0 Å². The van der Waals surface area contributed by atoms with Gasteiger partial charge >= 0.3 is 7.60 Å². The average Bonchev–Trinajstić information content (AvgIpc) is 2.98. The topological polar surface area (TPSA) is 65.0 Å². The quantitative estimate of drug-likeness (QED) is 0.134. The molecule has 5 nitrogen and oxygen atoms in total. The average molecular weight is 460 g/mol. The molecule has 184 valence electrons. The van der Waals surface area contributed by atoms with Crippen molar-refractivity contribution in [3.63, 3.8) is 0 Å². The Morgan fingerprint density at radius 2 is 1.35 bits per heavy atom. The smallest absolute Gasteiger partial charge is 0.325 e. The van der Waals surface area contributed by atoms with Crippen LogP contribution >= 0.6 is 7.60 Å². The first-order valence-corrected chi connectivity index (χ1v) is 15.0. The summed E-state index contributed by atoms with van der Waals surface area (Å²) < 4.78 is 28.8. The van der Waals surface area contributed by atoms with Gasteiger partial charge in [0.1, 0.15) is 7.85 Å². The largest absolute Gasteiger partial charge is 0.384 e. The van der Waals surface area contributed by atoms with Crippen LogP contribution in [-0.2, 0) is 18.6 Å². The Hall–Kier alpha value is 0.135. The Kier molecular flexibility index (Phi) is 16.5. The molecule has 0 aromatic rings. The first-order chi connectivity index (χ1) is 14.9. The van der Waals surface area contributed by atoms with Crippen LogP contribution in [0.2, 0.25) is 5.82 Å². The van der Waals surface area contributed by atoms with E-state index in [0.717, 1.165) is 12.8 Å². The van der Waals surface area contributed by atoms with E-state index in [0.29, 0.717) is 19.0 Å². The molecule has 2 unspecified atom stereocenters. The van der Waals surface area contributed by atoms with E-state index in [2.05, 4.69) is 14.8 Å². The SMILES string of the molecule is B[C@@H]1C[C@H](COC)C(OP(C)(=O)O)[C@@H]1OCCCCCCCCCCCCCCCC. The lowest BCUT2D eigenvalue weighted by molar-refractivity contribution is -0.0337. The van der Waals surface area contributed by atoms with Gasteiger partial charge in [0.2, 0.25) is 0 Å². The van der Waals surface area contributed by atoms with Crippen LogP contribution in [0.15, 0.2) is 0 Å². The van der Waals surface area contributed by atoms with Gasteiger partial charge in [-0.25, -0.2) is 0 Å². The molecule has 0 radical (unpaired) electrons. The van der Waals surface area contributed by atoms with Gasteiger partial charge in [-0.3, -0.25) is 4.57 Å². The van der Waals surface area contributed by atoms with E-state index in [1.165, 1.54) is 90.1 Å². The number of unbranched alkanes of at least 4 members (excludes halogenated alkanes) is 13. The van der Waals surface area contributed by atoms with Crippen LogP contribution in [-0.4, -0.2) is 51.9 Å². The van der Waals surface area contributed by atoms with Gasteiger partial charge < -0.3 is 18.9 Å². The summed E-state index contributed by atoms with van der Waals surface area (Å²) in [7, 11) is 0.250. The van der Waals surface area contributed by atoms with Crippen LogP contribution < -0.4 is 0 Å². The minimum atomic E-state index is -3.55. The molecule has 7 heteroatoms. The predicted molar refractivity (Wildman–Crippen MR) is 133 cm³/mol. The van der Waals surface area contributed by atoms with Crippen molar-refractivity contribution in [2.45, 2.75) is 121 Å². The van der Waals surface area contributed by atoms with Gasteiger partial charge in [0.05, 0.1) is 18.8 Å². The van der Waals surface area contributed by atoms with Crippen LogP contribution in [0.4, 0.5) is 0 Å². The molecule has 0 bridgehead atoms. The number of methoxy groups -OCH3 is 1. The highest BCUT2D eigenvalue weighted by molar-refractivity contribution is 7.51. The monoisotopic (exact) mass is 460 g/mol. The summed E-state index contributed by atoms with van der Waals surface area (Å²) in [6, 6.07) is 0. The van der Waals surface area contributed by atoms with Crippen molar-refractivity contribution in [1.82, 2.24) is 0 Å². The normalized spacial score (nSPS) is 25.7. The molecular weight excluding hydrogens is 410 g/mol. The number of hydrogen-bond donors (Lipinski definition) is 1. The van der Waals surface area contributed by atoms with Crippen molar-refractivity contribution in [2.24, 2.45) is 5.92 Å². The molecule has 0 aliphatic heterocycles. The van der Waals surface area contributed by atoms with Gasteiger partial charge in [0.25, 0.3) is 0 Å². The van der Waals surface area contributed by atoms with Gasteiger partial charge in [0, 0.05) is 26.3 Å². The molecule has 1 aliphatic carbocycles. The molecule has 1 N–H and O–H groups in total. The first-order valence-electron chi connectivity index (χ1n) is 13.0. The highest BCUT2D eigenvalue weighted by Crippen LogP contribution is 2.47. The molecule has 1 aliphatic rings. The maximum atomic E-state index is 11.8. The third kappa shape index (κ3) is 14.1. The molecule has 0 aromatic carbocycles. The van der Waals surface area contributed by atoms with E-state index in [1.807, 2.05) is 0 Å². The van der Waals surface area contributed by atoms with Crippen LogP contribution in [0.5, 0.6) is 0 Å². The predicted octanol–water partition coefficient (Wildman–Crippen LogP) is 6.14. The summed E-state index contributed by atoms with van der Waals surface area (Å²) in [5.74, 6) is 0.421. The van der Waals surface area contributed by atoms with E-state index >= 15 is 0 Å². The lowest BCUT2D eigenvalue weighted by Crippen LogP contribution is -2.33. The first kappa shape index (κ1) is 29.2. The maximum absolute atomic E-state index is 11.8. The van der Waals surface area contributed by atoms with Gasteiger partial charge in [-0.05, 0) is 18.7 Å². The molecule has 1 rings (SSSR count). The Bertz CT molecular complexity index is 473. The number of rotatable bonds is 20. The van der Waals surface area contributed by atoms with E-state index in [1.54, 1.807) is 7.11 Å². The molecule has 0 aromatic heterocycles. The van der Waals surface area contributed by atoms with E-state index in [9.17, 15) is 9.46 Å². The Morgan fingerprint density at radius 3 is 1.81 bits per heavy atom. The third-order valence-corrected chi connectivity index (χ3v) is 7.16. The van der Waals surface area contributed by atoms with Crippen molar-refractivity contribution in [3.8, 4) is 0 Å². The van der Waals surface area contributed by atoms with Gasteiger partial charge in [-0.1, -0.05) is 90.4 Å². The van der Waals surface area contributed by atoms with E-state index in [4.69, 9.17) is 14.0 Å². The van der Waals surface area contributed by atoms with Crippen molar-refractivity contribution >= 4 is 15.4 Å². The molecule has 0 spiro atoms.